The molecule has 2 aromatic carbocycles. The van der Waals surface area contributed by atoms with Crippen LogP contribution in [-0.2, 0) is 11.3 Å². The lowest BCUT2D eigenvalue weighted by Crippen LogP contribution is -1.99. The molecule has 19 heavy (non-hydrogen) atoms. The Morgan fingerprint density at radius 1 is 1.00 bits per heavy atom. The van der Waals surface area contributed by atoms with Crippen molar-refractivity contribution >= 4 is 27.5 Å². The zero-order valence-electron chi connectivity index (χ0n) is 10.5. The van der Waals surface area contributed by atoms with Crippen molar-refractivity contribution in [2.24, 2.45) is 0 Å². The molecule has 0 bridgehead atoms. The molecule has 0 aliphatic heterocycles. The van der Waals surface area contributed by atoms with Gasteiger partial charge < -0.3 is 9.67 Å². The summed E-state index contributed by atoms with van der Waals surface area (Å²) in [5.41, 5.74) is 0. The van der Waals surface area contributed by atoms with Crippen LogP contribution in [0.3, 0.4) is 0 Å². The molecule has 0 saturated heterocycles. The molecule has 0 amide bonds. The summed E-state index contributed by atoms with van der Waals surface area (Å²) in [5, 5.41) is 13.6. The van der Waals surface area contributed by atoms with Crippen molar-refractivity contribution in [1.29, 1.82) is 0 Å². The summed E-state index contributed by atoms with van der Waals surface area (Å²) in [7, 11) is 0. The molecule has 0 unspecified atom stereocenters. The third-order valence-corrected chi connectivity index (χ3v) is 3.41. The predicted octanol–water partition coefficient (Wildman–Crippen LogP) is 3.66. The van der Waals surface area contributed by atoms with E-state index >= 15 is 0 Å². The van der Waals surface area contributed by atoms with Crippen LogP contribution in [0.4, 0.5) is 0 Å². The van der Waals surface area contributed by atoms with Crippen molar-refractivity contribution in [3.63, 3.8) is 0 Å². The third kappa shape index (κ3) is 2.32. The smallest absolute Gasteiger partial charge is 0.303 e. The van der Waals surface area contributed by atoms with Crippen LogP contribution in [0.15, 0.2) is 48.8 Å². The van der Waals surface area contributed by atoms with E-state index < -0.39 is 5.97 Å². The third-order valence-electron chi connectivity index (χ3n) is 3.41. The maximum Gasteiger partial charge on any atom is 0.303 e. The first-order valence-corrected chi connectivity index (χ1v) is 6.43. The molecule has 0 radical (unpaired) electrons. The highest BCUT2D eigenvalue weighted by molar-refractivity contribution is 6.07. The second-order valence-electron chi connectivity index (χ2n) is 4.78. The second kappa shape index (κ2) is 4.76. The van der Waals surface area contributed by atoms with Crippen LogP contribution in [0.25, 0.3) is 21.5 Å². The van der Waals surface area contributed by atoms with Gasteiger partial charge in [0.15, 0.2) is 0 Å². The summed E-state index contributed by atoms with van der Waals surface area (Å²) in [6.07, 6.45) is 5.08. The molecule has 1 heterocycles. The van der Waals surface area contributed by atoms with Gasteiger partial charge in [-0.1, -0.05) is 36.4 Å². The van der Waals surface area contributed by atoms with Crippen LogP contribution in [0.2, 0.25) is 0 Å². The van der Waals surface area contributed by atoms with E-state index in [1.54, 1.807) is 0 Å². The Kier molecular flexibility index (Phi) is 2.95. The molecule has 0 saturated carbocycles. The zero-order chi connectivity index (χ0) is 13.2. The molecule has 0 spiro atoms. The van der Waals surface area contributed by atoms with Gasteiger partial charge in [0.05, 0.1) is 0 Å². The molecule has 1 aromatic heterocycles. The lowest BCUT2D eigenvalue weighted by Gasteiger charge is -1.99. The average molecular weight is 253 g/mol. The van der Waals surface area contributed by atoms with Crippen molar-refractivity contribution < 1.29 is 9.90 Å². The quantitative estimate of drug-likeness (QED) is 0.771. The first-order valence-electron chi connectivity index (χ1n) is 6.43. The molecule has 96 valence electrons. The molecule has 0 aliphatic carbocycles. The summed E-state index contributed by atoms with van der Waals surface area (Å²) in [4.78, 5) is 10.5. The van der Waals surface area contributed by atoms with Gasteiger partial charge >= 0.3 is 5.97 Å². The number of benzene rings is 2. The molecule has 0 aliphatic rings. The lowest BCUT2D eigenvalue weighted by atomic mass is 10.1. The zero-order valence-corrected chi connectivity index (χ0v) is 10.5. The summed E-state index contributed by atoms with van der Waals surface area (Å²) in [5.74, 6) is -0.734. The Bertz CT molecular complexity index is 743. The van der Waals surface area contributed by atoms with Gasteiger partial charge in [-0.3, -0.25) is 4.79 Å². The Balaban J connectivity index is 1.96. The van der Waals surface area contributed by atoms with Crippen molar-refractivity contribution in [3.05, 3.63) is 48.8 Å². The number of aromatic nitrogens is 1. The highest BCUT2D eigenvalue weighted by Gasteiger charge is 2.04. The molecular weight excluding hydrogens is 238 g/mol. The van der Waals surface area contributed by atoms with E-state index in [1.165, 1.54) is 21.5 Å². The van der Waals surface area contributed by atoms with Crippen molar-refractivity contribution in [2.75, 3.05) is 0 Å². The fourth-order valence-electron chi connectivity index (χ4n) is 2.49. The van der Waals surface area contributed by atoms with Gasteiger partial charge in [-0.05, 0) is 22.6 Å². The number of carbonyl (C=O) groups is 1. The van der Waals surface area contributed by atoms with Gasteiger partial charge in [-0.25, -0.2) is 0 Å². The van der Waals surface area contributed by atoms with Gasteiger partial charge in [0, 0.05) is 30.7 Å². The molecule has 3 heteroatoms. The van der Waals surface area contributed by atoms with Crippen molar-refractivity contribution in [3.8, 4) is 0 Å². The molecular formula is C16H15NO2. The fraction of sp³-hybridized carbons (Fsp3) is 0.188. The Morgan fingerprint density at radius 2 is 1.79 bits per heavy atom. The number of rotatable bonds is 4. The highest BCUT2D eigenvalue weighted by atomic mass is 16.4. The van der Waals surface area contributed by atoms with Gasteiger partial charge in [-0.15, -0.1) is 0 Å². The van der Waals surface area contributed by atoms with Gasteiger partial charge in [0.1, 0.15) is 0 Å². The average Bonchev–Trinajstić information content (AvgIpc) is 2.81. The number of aliphatic carboxylic acids is 1. The first kappa shape index (κ1) is 11.8. The number of aryl methyl sites for hydroxylation is 1. The predicted molar refractivity (Wildman–Crippen MR) is 76.3 cm³/mol. The molecule has 1 N–H and O–H groups in total. The SMILES string of the molecule is O=C(O)CCCn1cc2ccc3ccccc3c2c1. The number of carboxylic acid groups (broad SMARTS) is 1. The number of hydrogen-bond donors (Lipinski definition) is 1. The van der Waals surface area contributed by atoms with E-state index in [4.69, 9.17) is 5.11 Å². The standard InChI is InChI=1S/C16H15NO2/c18-16(19)6-3-9-17-10-13-8-7-12-4-1-2-5-14(12)15(13)11-17/h1-2,4-5,7-8,10-11H,3,6,9H2,(H,18,19). The fourth-order valence-corrected chi connectivity index (χ4v) is 2.49. The Labute approximate surface area is 111 Å². The summed E-state index contributed by atoms with van der Waals surface area (Å²) in [6.45, 7) is 0.745. The Hall–Kier alpha value is -2.29. The minimum Gasteiger partial charge on any atom is -0.481 e. The van der Waals surface area contributed by atoms with Crippen LogP contribution in [0.1, 0.15) is 12.8 Å². The number of carboxylic acids is 1. The van der Waals surface area contributed by atoms with Gasteiger partial charge in [-0.2, -0.15) is 0 Å². The monoisotopic (exact) mass is 253 g/mol. The summed E-state index contributed by atoms with van der Waals surface area (Å²) >= 11 is 0. The Morgan fingerprint density at radius 3 is 2.63 bits per heavy atom. The van der Waals surface area contributed by atoms with Crippen LogP contribution in [-0.4, -0.2) is 15.6 Å². The topological polar surface area (TPSA) is 42.2 Å². The van der Waals surface area contributed by atoms with Crippen LogP contribution < -0.4 is 0 Å². The summed E-state index contributed by atoms with van der Waals surface area (Å²) < 4.78 is 2.08. The normalized spacial score (nSPS) is 11.2. The molecule has 3 aromatic rings. The second-order valence-corrected chi connectivity index (χ2v) is 4.78. The van der Waals surface area contributed by atoms with E-state index in [-0.39, 0.29) is 6.42 Å². The van der Waals surface area contributed by atoms with E-state index in [0.29, 0.717) is 6.42 Å². The minimum atomic E-state index is -0.734. The van der Waals surface area contributed by atoms with Crippen LogP contribution in [0, 0.1) is 0 Å². The highest BCUT2D eigenvalue weighted by Crippen LogP contribution is 2.26. The maximum absolute atomic E-state index is 10.5. The largest absolute Gasteiger partial charge is 0.481 e. The van der Waals surface area contributed by atoms with Crippen LogP contribution in [0.5, 0.6) is 0 Å². The maximum atomic E-state index is 10.5. The van der Waals surface area contributed by atoms with E-state index in [1.807, 2.05) is 12.1 Å². The molecule has 3 rings (SSSR count). The van der Waals surface area contributed by atoms with Crippen LogP contribution >= 0.6 is 0 Å². The van der Waals surface area contributed by atoms with Gasteiger partial charge in [0.25, 0.3) is 0 Å². The minimum absolute atomic E-state index is 0.218. The van der Waals surface area contributed by atoms with Crippen molar-refractivity contribution in [2.45, 2.75) is 19.4 Å². The number of nitrogens with zero attached hydrogens (tertiary/aromatic N) is 1. The molecule has 0 fully saturated rings. The first-order chi connectivity index (χ1) is 9.24. The van der Waals surface area contributed by atoms with Gasteiger partial charge in [0.2, 0.25) is 0 Å². The molecule has 0 atom stereocenters. The summed E-state index contributed by atoms with van der Waals surface area (Å²) in [6, 6.07) is 12.6. The number of hydrogen-bond acceptors (Lipinski definition) is 1. The lowest BCUT2D eigenvalue weighted by molar-refractivity contribution is -0.137. The number of fused-ring (bicyclic) bond motifs is 3. The van der Waals surface area contributed by atoms with E-state index in [0.717, 1.165) is 6.54 Å². The van der Waals surface area contributed by atoms with E-state index in [9.17, 15) is 4.79 Å². The molecule has 3 nitrogen and oxygen atoms in total. The van der Waals surface area contributed by atoms with Crippen molar-refractivity contribution in [1.82, 2.24) is 4.57 Å². The van der Waals surface area contributed by atoms with E-state index in [2.05, 4.69) is 41.2 Å².